The number of amides is 1. The quantitative estimate of drug-likeness (QED) is 0.286. The Morgan fingerprint density at radius 2 is 1.93 bits per heavy atom. The second-order valence-corrected chi connectivity index (χ2v) is 7.14. The van der Waals surface area contributed by atoms with Gasteiger partial charge in [-0.15, -0.1) is 11.8 Å². The fourth-order valence-electron chi connectivity index (χ4n) is 1.97. The number of hydrogen-bond acceptors (Lipinski definition) is 6. The van der Waals surface area contributed by atoms with E-state index < -0.39 is 23.4 Å². The Labute approximate surface area is 169 Å². The van der Waals surface area contributed by atoms with Gasteiger partial charge in [-0.2, -0.15) is 0 Å². The van der Waals surface area contributed by atoms with Gasteiger partial charge in [0.1, 0.15) is 5.69 Å². The molecule has 1 N–H and O–H groups in total. The third-order valence-corrected chi connectivity index (χ3v) is 4.95. The number of carbonyl (C=O) groups excluding carboxylic acids is 2. The summed E-state index contributed by atoms with van der Waals surface area (Å²) in [6.07, 6.45) is 0.0876. The number of benzene rings is 2. The average molecular weight is 429 g/mol. The van der Waals surface area contributed by atoms with Crippen LogP contribution < -0.4 is 5.32 Å². The van der Waals surface area contributed by atoms with Crippen molar-refractivity contribution in [3.8, 4) is 0 Å². The van der Waals surface area contributed by atoms with Crippen molar-refractivity contribution in [2.24, 2.45) is 0 Å². The van der Waals surface area contributed by atoms with Gasteiger partial charge in [-0.3, -0.25) is 19.7 Å². The van der Waals surface area contributed by atoms with E-state index in [9.17, 15) is 19.7 Å². The largest absolute Gasteiger partial charge is 0.456 e. The first-order chi connectivity index (χ1) is 12.9. The topological polar surface area (TPSA) is 98.5 Å². The molecule has 142 valence electrons. The van der Waals surface area contributed by atoms with Gasteiger partial charge in [-0.05, 0) is 24.3 Å². The van der Waals surface area contributed by atoms with Crippen LogP contribution in [-0.4, -0.2) is 29.2 Å². The minimum Gasteiger partial charge on any atom is -0.456 e. The summed E-state index contributed by atoms with van der Waals surface area (Å²) in [6.45, 7) is -0.546. The van der Waals surface area contributed by atoms with Gasteiger partial charge in [0.15, 0.2) is 6.61 Å². The third-order valence-electron chi connectivity index (χ3n) is 3.20. The van der Waals surface area contributed by atoms with Gasteiger partial charge in [-0.25, -0.2) is 0 Å². The highest BCUT2D eigenvalue weighted by atomic mass is 35.5. The van der Waals surface area contributed by atoms with Crippen molar-refractivity contribution in [1.82, 2.24) is 0 Å². The smallest absolute Gasteiger partial charge is 0.307 e. The van der Waals surface area contributed by atoms with E-state index in [-0.39, 0.29) is 22.8 Å². The van der Waals surface area contributed by atoms with Gasteiger partial charge < -0.3 is 10.1 Å². The lowest BCUT2D eigenvalue weighted by atomic mass is 10.2. The first-order valence-corrected chi connectivity index (χ1v) is 9.37. The number of thioether (sulfide) groups is 1. The lowest BCUT2D eigenvalue weighted by Gasteiger charge is -2.08. The summed E-state index contributed by atoms with van der Waals surface area (Å²) in [5.74, 6) is -0.810. The first kappa shape index (κ1) is 21.0. The van der Waals surface area contributed by atoms with Gasteiger partial charge in [0.2, 0.25) is 0 Å². The molecule has 0 aliphatic carbocycles. The second-order valence-electron chi connectivity index (χ2n) is 5.16. The summed E-state index contributed by atoms with van der Waals surface area (Å²) in [6, 6.07) is 11.1. The number of hydrogen-bond donors (Lipinski definition) is 1. The maximum atomic E-state index is 11.9. The van der Waals surface area contributed by atoms with Crippen LogP contribution in [0.3, 0.4) is 0 Å². The van der Waals surface area contributed by atoms with Crippen molar-refractivity contribution in [2.75, 3.05) is 17.7 Å². The van der Waals surface area contributed by atoms with E-state index in [0.717, 1.165) is 11.0 Å². The number of ether oxygens (including phenoxy) is 1. The summed E-state index contributed by atoms with van der Waals surface area (Å²) < 4.78 is 4.88. The van der Waals surface area contributed by atoms with E-state index >= 15 is 0 Å². The van der Waals surface area contributed by atoms with Crippen LogP contribution in [0.2, 0.25) is 10.0 Å². The molecule has 0 fully saturated rings. The Morgan fingerprint density at radius 3 is 2.63 bits per heavy atom. The molecule has 0 radical (unpaired) electrons. The Balaban J connectivity index is 1.78. The molecule has 0 saturated heterocycles. The number of halogens is 2. The molecule has 0 heterocycles. The van der Waals surface area contributed by atoms with E-state index in [1.165, 1.54) is 23.9 Å². The monoisotopic (exact) mass is 428 g/mol. The van der Waals surface area contributed by atoms with E-state index in [0.29, 0.717) is 10.8 Å². The summed E-state index contributed by atoms with van der Waals surface area (Å²) in [4.78, 5) is 34.7. The van der Waals surface area contributed by atoms with Crippen molar-refractivity contribution in [3.63, 3.8) is 0 Å². The van der Waals surface area contributed by atoms with Crippen molar-refractivity contribution >= 4 is 58.2 Å². The second kappa shape index (κ2) is 10.1. The summed E-state index contributed by atoms with van der Waals surface area (Å²) in [7, 11) is 0. The molecule has 2 aromatic rings. The third kappa shape index (κ3) is 6.74. The maximum absolute atomic E-state index is 11.9. The zero-order chi connectivity index (χ0) is 19.8. The van der Waals surface area contributed by atoms with Crippen LogP contribution in [0.5, 0.6) is 0 Å². The Kier molecular flexibility index (Phi) is 7.90. The molecule has 0 aliphatic rings. The fourth-order valence-corrected chi connectivity index (χ4v) is 3.31. The molecule has 2 aromatic carbocycles. The highest BCUT2D eigenvalue weighted by Gasteiger charge is 2.17. The Morgan fingerprint density at radius 1 is 1.19 bits per heavy atom. The molecule has 0 aromatic heterocycles. The number of anilines is 1. The lowest BCUT2D eigenvalue weighted by Crippen LogP contribution is -2.21. The van der Waals surface area contributed by atoms with Gasteiger partial charge in [0.25, 0.3) is 11.6 Å². The van der Waals surface area contributed by atoms with Crippen LogP contribution >= 0.6 is 35.0 Å². The minimum absolute atomic E-state index is 0.0280. The number of nitro groups is 1. The van der Waals surface area contributed by atoms with Gasteiger partial charge in [-0.1, -0.05) is 35.3 Å². The Hall–Kier alpha value is -2.29. The lowest BCUT2D eigenvalue weighted by molar-refractivity contribution is -0.383. The number of nitro benzene ring substituents is 1. The van der Waals surface area contributed by atoms with Crippen LogP contribution in [0.1, 0.15) is 6.42 Å². The molecule has 0 saturated carbocycles. The average Bonchev–Trinajstić information content (AvgIpc) is 2.63. The van der Waals surface area contributed by atoms with E-state index in [1.807, 2.05) is 18.2 Å². The summed E-state index contributed by atoms with van der Waals surface area (Å²) in [5, 5.41) is 14.1. The number of rotatable bonds is 8. The molecule has 0 aliphatic heterocycles. The number of esters is 1. The zero-order valence-electron chi connectivity index (χ0n) is 13.8. The molecule has 0 unspecified atom stereocenters. The standard InChI is InChI=1S/C17H14Cl2N2O5S/c18-11-5-6-13(14(9-11)21(24)25)20-16(22)10-26-17(23)7-8-27-15-4-2-1-3-12(15)19/h1-6,9H,7-8,10H2,(H,20,22). The minimum atomic E-state index is -0.687. The molecule has 7 nitrogen and oxygen atoms in total. The van der Waals surface area contributed by atoms with E-state index in [1.54, 1.807) is 6.07 Å². The predicted molar refractivity (Wildman–Crippen MR) is 104 cm³/mol. The number of nitrogens with zero attached hydrogens (tertiary/aromatic N) is 1. The Bertz CT molecular complexity index is 863. The van der Waals surface area contributed by atoms with E-state index in [2.05, 4.69) is 5.32 Å². The van der Waals surface area contributed by atoms with Crippen molar-refractivity contribution in [3.05, 3.63) is 62.6 Å². The van der Waals surface area contributed by atoms with Crippen LogP contribution in [0.15, 0.2) is 47.4 Å². The summed E-state index contributed by atoms with van der Waals surface area (Å²) in [5.41, 5.74) is -0.377. The van der Waals surface area contributed by atoms with Crippen LogP contribution in [0.25, 0.3) is 0 Å². The zero-order valence-corrected chi connectivity index (χ0v) is 16.1. The van der Waals surface area contributed by atoms with Crippen LogP contribution in [-0.2, 0) is 14.3 Å². The molecule has 2 rings (SSSR count). The van der Waals surface area contributed by atoms with Crippen molar-refractivity contribution in [2.45, 2.75) is 11.3 Å². The molecular formula is C17H14Cl2N2O5S. The number of carbonyl (C=O) groups is 2. The number of nitrogens with one attached hydrogen (secondary N) is 1. The fraction of sp³-hybridized carbons (Fsp3) is 0.176. The van der Waals surface area contributed by atoms with Gasteiger partial charge in [0.05, 0.1) is 16.4 Å². The molecule has 0 spiro atoms. The molecule has 27 heavy (non-hydrogen) atoms. The van der Waals surface area contributed by atoms with Crippen LogP contribution in [0, 0.1) is 10.1 Å². The van der Waals surface area contributed by atoms with Crippen LogP contribution in [0.4, 0.5) is 11.4 Å². The van der Waals surface area contributed by atoms with Gasteiger partial charge in [0, 0.05) is 21.7 Å². The SMILES string of the molecule is O=C(COC(=O)CCSc1ccccc1Cl)Nc1ccc(Cl)cc1[N+](=O)[O-]. The predicted octanol–water partition coefficient (Wildman–Crippen LogP) is 4.57. The van der Waals surface area contributed by atoms with Crippen molar-refractivity contribution < 1.29 is 19.2 Å². The normalized spacial score (nSPS) is 10.3. The highest BCUT2D eigenvalue weighted by Crippen LogP contribution is 2.28. The molecule has 0 atom stereocenters. The van der Waals surface area contributed by atoms with E-state index in [4.69, 9.17) is 27.9 Å². The maximum Gasteiger partial charge on any atom is 0.307 e. The highest BCUT2D eigenvalue weighted by molar-refractivity contribution is 7.99. The molecule has 0 bridgehead atoms. The molecule has 1 amide bonds. The molecular weight excluding hydrogens is 415 g/mol. The van der Waals surface area contributed by atoms with Gasteiger partial charge >= 0.3 is 5.97 Å². The van der Waals surface area contributed by atoms with Crippen molar-refractivity contribution in [1.29, 1.82) is 0 Å². The molecule has 10 heteroatoms. The first-order valence-electron chi connectivity index (χ1n) is 7.63. The summed E-state index contributed by atoms with van der Waals surface area (Å²) >= 11 is 13.1.